The van der Waals surface area contributed by atoms with Crippen LogP contribution in [0.4, 0.5) is 24.0 Å². The Labute approximate surface area is 139 Å². The van der Waals surface area contributed by atoms with E-state index in [1.807, 2.05) is 0 Å². The van der Waals surface area contributed by atoms with E-state index in [1.54, 1.807) is 6.07 Å². The molecule has 0 atom stereocenters. The van der Waals surface area contributed by atoms with Crippen molar-refractivity contribution in [2.75, 3.05) is 5.32 Å². The number of aromatic nitrogens is 1. The molecule has 2 aromatic carbocycles. The molecule has 0 radical (unpaired) electrons. The first-order valence-electron chi connectivity index (χ1n) is 6.94. The summed E-state index contributed by atoms with van der Waals surface area (Å²) in [6, 6.07) is 11.0. The first-order chi connectivity index (χ1) is 11.5. The zero-order chi connectivity index (χ0) is 17.1. The van der Waals surface area contributed by atoms with Crippen LogP contribution >= 0.6 is 11.3 Å². The van der Waals surface area contributed by atoms with Crippen molar-refractivity contribution >= 4 is 27.9 Å². The van der Waals surface area contributed by atoms with Gasteiger partial charge >= 0.3 is 0 Å². The number of nitrogens with one attached hydrogen (secondary N) is 1. The molecule has 3 aromatic rings. The Balaban J connectivity index is 1.77. The van der Waals surface area contributed by atoms with E-state index < -0.39 is 12.2 Å². The molecule has 1 heterocycles. The molecular weight excluding hydrogens is 337 g/mol. The van der Waals surface area contributed by atoms with Gasteiger partial charge in [-0.25, -0.2) is 18.2 Å². The molecule has 0 amide bonds. The highest BCUT2D eigenvalue weighted by Gasteiger charge is 2.14. The summed E-state index contributed by atoms with van der Waals surface area (Å²) < 4.78 is 38.3. The standard InChI is InChI=1S/C17H11F3N2OS/c18-12-6-4-10(5-7-12)15(23)14-9-21-17(24-14)22-13-3-1-2-11(8-13)16(19)20/h1-9,16H,(H,21,22). The van der Waals surface area contributed by atoms with Gasteiger partial charge in [0, 0.05) is 16.8 Å². The number of ketones is 1. The number of thiazole rings is 1. The number of hydrogen-bond donors (Lipinski definition) is 1. The number of alkyl halides is 2. The number of hydrogen-bond acceptors (Lipinski definition) is 4. The normalized spacial score (nSPS) is 10.8. The molecule has 1 N–H and O–H groups in total. The first-order valence-corrected chi connectivity index (χ1v) is 7.76. The summed E-state index contributed by atoms with van der Waals surface area (Å²) in [5, 5.41) is 3.31. The van der Waals surface area contributed by atoms with E-state index in [1.165, 1.54) is 48.7 Å². The number of rotatable bonds is 5. The smallest absolute Gasteiger partial charge is 0.263 e. The van der Waals surface area contributed by atoms with Crippen molar-refractivity contribution < 1.29 is 18.0 Å². The second-order valence-electron chi connectivity index (χ2n) is 4.92. The van der Waals surface area contributed by atoms with Crippen molar-refractivity contribution in [1.29, 1.82) is 0 Å². The second-order valence-corrected chi connectivity index (χ2v) is 5.95. The van der Waals surface area contributed by atoms with Gasteiger partial charge < -0.3 is 5.32 Å². The van der Waals surface area contributed by atoms with Crippen molar-refractivity contribution in [2.45, 2.75) is 6.43 Å². The summed E-state index contributed by atoms with van der Waals surface area (Å²) >= 11 is 1.10. The average Bonchev–Trinajstić information content (AvgIpc) is 3.03. The van der Waals surface area contributed by atoms with Gasteiger partial charge in [0.15, 0.2) is 5.13 Å². The Hall–Kier alpha value is -2.67. The average molecular weight is 348 g/mol. The molecule has 0 bridgehead atoms. The van der Waals surface area contributed by atoms with E-state index in [0.717, 1.165) is 11.3 Å². The van der Waals surface area contributed by atoms with Gasteiger partial charge in [0.2, 0.25) is 5.78 Å². The molecule has 0 aliphatic heterocycles. The third-order valence-corrected chi connectivity index (χ3v) is 4.14. The summed E-state index contributed by atoms with van der Waals surface area (Å²) in [6.45, 7) is 0. The number of anilines is 2. The van der Waals surface area contributed by atoms with E-state index in [4.69, 9.17) is 0 Å². The molecule has 0 aliphatic rings. The van der Waals surface area contributed by atoms with Crippen LogP contribution in [0.3, 0.4) is 0 Å². The first kappa shape index (κ1) is 16.2. The zero-order valence-electron chi connectivity index (χ0n) is 12.2. The van der Waals surface area contributed by atoms with Crippen LogP contribution in [-0.2, 0) is 0 Å². The maximum Gasteiger partial charge on any atom is 0.263 e. The van der Waals surface area contributed by atoms with Gasteiger partial charge in [0.05, 0.1) is 11.1 Å². The lowest BCUT2D eigenvalue weighted by Crippen LogP contribution is -1.98. The van der Waals surface area contributed by atoms with Crippen molar-refractivity contribution in [1.82, 2.24) is 4.98 Å². The molecular formula is C17H11F3N2OS. The van der Waals surface area contributed by atoms with E-state index in [2.05, 4.69) is 10.3 Å². The highest BCUT2D eigenvalue weighted by Crippen LogP contribution is 2.27. The van der Waals surface area contributed by atoms with Gasteiger partial charge in [-0.3, -0.25) is 4.79 Å². The quantitative estimate of drug-likeness (QED) is 0.645. The minimum atomic E-state index is -2.56. The number of halogens is 3. The maximum absolute atomic E-state index is 12.9. The SMILES string of the molecule is O=C(c1ccc(F)cc1)c1cnc(Nc2cccc(C(F)F)c2)s1. The maximum atomic E-state index is 12.9. The Kier molecular flexibility index (Phi) is 4.61. The van der Waals surface area contributed by atoms with Crippen LogP contribution in [0.1, 0.15) is 27.2 Å². The van der Waals surface area contributed by atoms with Crippen molar-refractivity contribution in [3.8, 4) is 0 Å². The molecule has 3 rings (SSSR count). The third-order valence-electron chi connectivity index (χ3n) is 3.23. The fourth-order valence-electron chi connectivity index (χ4n) is 2.06. The zero-order valence-corrected chi connectivity index (χ0v) is 13.0. The summed E-state index contributed by atoms with van der Waals surface area (Å²) in [5.41, 5.74) is 0.716. The van der Waals surface area contributed by atoms with E-state index in [9.17, 15) is 18.0 Å². The van der Waals surface area contributed by atoms with Crippen LogP contribution in [0.2, 0.25) is 0 Å². The summed E-state index contributed by atoms with van der Waals surface area (Å²) in [4.78, 5) is 16.7. The largest absolute Gasteiger partial charge is 0.332 e. The van der Waals surface area contributed by atoms with Crippen LogP contribution in [-0.4, -0.2) is 10.8 Å². The second kappa shape index (κ2) is 6.84. The lowest BCUT2D eigenvalue weighted by atomic mass is 10.1. The van der Waals surface area contributed by atoms with Crippen LogP contribution in [0, 0.1) is 5.82 Å². The Morgan fingerprint density at radius 2 is 1.88 bits per heavy atom. The summed E-state index contributed by atoms with van der Waals surface area (Å²) in [5.74, 6) is -0.695. The Bertz CT molecular complexity index is 862. The van der Waals surface area contributed by atoms with Gasteiger partial charge in [0.25, 0.3) is 6.43 Å². The molecule has 0 aliphatic carbocycles. The van der Waals surface area contributed by atoms with Gasteiger partial charge in [-0.2, -0.15) is 0 Å². The topological polar surface area (TPSA) is 42.0 Å². The molecule has 0 spiro atoms. The fraction of sp³-hybridized carbons (Fsp3) is 0.0588. The number of benzene rings is 2. The monoisotopic (exact) mass is 348 g/mol. The predicted molar refractivity (Wildman–Crippen MR) is 86.6 cm³/mol. The van der Waals surface area contributed by atoms with Crippen LogP contribution in [0.5, 0.6) is 0 Å². The molecule has 3 nitrogen and oxygen atoms in total. The molecule has 0 fully saturated rings. The number of carbonyl (C=O) groups excluding carboxylic acids is 1. The Morgan fingerprint density at radius 3 is 2.58 bits per heavy atom. The molecule has 0 saturated heterocycles. The lowest BCUT2D eigenvalue weighted by Gasteiger charge is -2.05. The number of nitrogens with zero attached hydrogens (tertiary/aromatic N) is 1. The third kappa shape index (κ3) is 3.62. The van der Waals surface area contributed by atoms with Crippen LogP contribution in [0.15, 0.2) is 54.7 Å². The molecule has 7 heteroatoms. The molecule has 24 heavy (non-hydrogen) atoms. The molecule has 0 saturated carbocycles. The molecule has 0 unspecified atom stereocenters. The molecule has 1 aromatic heterocycles. The Morgan fingerprint density at radius 1 is 1.12 bits per heavy atom. The van der Waals surface area contributed by atoms with E-state index in [0.29, 0.717) is 21.3 Å². The van der Waals surface area contributed by atoms with Crippen molar-refractivity contribution in [3.05, 3.63) is 76.5 Å². The van der Waals surface area contributed by atoms with E-state index in [-0.39, 0.29) is 11.3 Å². The minimum absolute atomic E-state index is 0.0980. The van der Waals surface area contributed by atoms with Crippen molar-refractivity contribution in [2.24, 2.45) is 0 Å². The van der Waals surface area contributed by atoms with Gasteiger partial charge in [-0.05, 0) is 36.4 Å². The minimum Gasteiger partial charge on any atom is -0.332 e. The van der Waals surface area contributed by atoms with Gasteiger partial charge in [-0.1, -0.05) is 23.5 Å². The highest BCUT2D eigenvalue weighted by molar-refractivity contribution is 7.17. The van der Waals surface area contributed by atoms with Crippen molar-refractivity contribution in [3.63, 3.8) is 0 Å². The lowest BCUT2D eigenvalue weighted by molar-refractivity contribution is 0.104. The van der Waals surface area contributed by atoms with Gasteiger partial charge in [0.1, 0.15) is 5.82 Å². The number of carbonyl (C=O) groups is 1. The summed E-state index contributed by atoms with van der Waals surface area (Å²) in [6.07, 6.45) is -1.16. The van der Waals surface area contributed by atoms with Gasteiger partial charge in [-0.15, -0.1) is 0 Å². The predicted octanol–water partition coefficient (Wildman–Crippen LogP) is 5.19. The summed E-state index contributed by atoms with van der Waals surface area (Å²) in [7, 11) is 0. The van der Waals surface area contributed by atoms with E-state index >= 15 is 0 Å². The highest BCUT2D eigenvalue weighted by atomic mass is 32.1. The van der Waals surface area contributed by atoms with Crippen LogP contribution in [0.25, 0.3) is 0 Å². The van der Waals surface area contributed by atoms with Crippen LogP contribution < -0.4 is 5.32 Å². The fourth-order valence-corrected chi connectivity index (χ4v) is 2.85. The molecule has 122 valence electrons.